The van der Waals surface area contributed by atoms with Gasteiger partial charge in [-0.05, 0) is 36.8 Å². The Morgan fingerprint density at radius 3 is 2.32 bits per heavy atom. The van der Waals surface area contributed by atoms with Gasteiger partial charge in [0.05, 0.1) is 6.10 Å². The van der Waals surface area contributed by atoms with Crippen molar-refractivity contribution in [1.29, 1.82) is 0 Å². The molecule has 0 aromatic heterocycles. The van der Waals surface area contributed by atoms with Gasteiger partial charge in [0.25, 0.3) is 0 Å². The van der Waals surface area contributed by atoms with Crippen molar-refractivity contribution >= 4 is 23.4 Å². The minimum atomic E-state index is -0.481. The summed E-state index contributed by atoms with van der Waals surface area (Å²) in [5.41, 5.74) is 0.902. The molecule has 0 spiro atoms. The molecule has 1 unspecified atom stereocenters. The van der Waals surface area contributed by atoms with Crippen molar-refractivity contribution in [2.24, 2.45) is 0 Å². The minimum absolute atomic E-state index is 0.277. The van der Waals surface area contributed by atoms with Crippen molar-refractivity contribution in [3.63, 3.8) is 0 Å². The third-order valence-corrected chi connectivity index (χ3v) is 5.60. The van der Waals surface area contributed by atoms with E-state index < -0.39 is 6.10 Å². The van der Waals surface area contributed by atoms with E-state index in [9.17, 15) is 5.11 Å². The van der Waals surface area contributed by atoms with Crippen molar-refractivity contribution in [1.82, 2.24) is 5.32 Å². The Hall–Kier alpha value is -0.220. The summed E-state index contributed by atoms with van der Waals surface area (Å²) in [4.78, 5) is 0. The van der Waals surface area contributed by atoms with Gasteiger partial charge in [0.2, 0.25) is 0 Å². The van der Waals surface area contributed by atoms with Gasteiger partial charge in [-0.2, -0.15) is 11.8 Å². The molecule has 2 N–H and O–H groups in total. The van der Waals surface area contributed by atoms with Crippen molar-refractivity contribution in [3.05, 3.63) is 34.9 Å². The van der Waals surface area contributed by atoms with Crippen LogP contribution in [-0.4, -0.2) is 29.2 Å². The summed E-state index contributed by atoms with van der Waals surface area (Å²) in [5.74, 6) is 0. The van der Waals surface area contributed by atoms with Crippen molar-refractivity contribution in [2.45, 2.75) is 37.5 Å². The first-order chi connectivity index (χ1) is 9.06. The van der Waals surface area contributed by atoms with Crippen LogP contribution in [0.4, 0.5) is 0 Å². The zero-order valence-corrected chi connectivity index (χ0v) is 13.5. The van der Waals surface area contributed by atoms with E-state index in [-0.39, 0.29) is 4.75 Å². The highest BCUT2D eigenvalue weighted by Gasteiger charge is 2.24. The second-order valence-corrected chi connectivity index (χ2v) is 6.50. The van der Waals surface area contributed by atoms with Crippen LogP contribution in [0.5, 0.6) is 0 Å². The van der Waals surface area contributed by atoms with Crippen LogP contribution in [0.15, 0.2) is 24.3 Å². The van der Waals surface area contributed by atoms with Gasteiger partial charge in [0.1, 0.15) is 0 Å². The zero-order chi connectivity index (χ0) is 14.3. The molecule has 4 heteroatoms. The van der Waals surface area contributed by atoms with Gasteiger partial charge in [0, 0.05) is 22.9 Å². The highest BCUT2D eigenvalue weighted by molar-refractivity contribution is 8.00. The lowest BCUT2D eigenvalue weighted by Crippen LogP contribution is -2.38. The Morgan fingerprint density at radius 2 is 1.84 bits per heavy atom. The monoisotopic (exact) mass is 301 g/mol. The smallest absolute Gasteiger partial charge is 0.0914 e. The minimum Gasteiger partial charge on any atom is -0.387 e. The number of hydrogen-bond donors (Lipinski definition) is 2. The molecule has 0 fully saturated rings. The first kappa shape index (κ1) is 16.8. The Bertz CT molecular complexity index is 357. The molecule has 0 aliphatic carbocycles. The molecular weight excluding hydrogens is 278 g/mol. The molecule has 0 aliphatic heterocycles. The molecule has 1 atom stereocenters. The molecule has 0 saturated carbocycles. The number of halogens is 1. The summed E-state index contributed by atoms with van der Waals surface area (Å²) in [7, 11) is 0. The molecule has 108 valence electrons. The third kappa shape index (κ3) is 4.99. The summed E-state index contributed by atoms with van der Waals surface area (Å²) in [6, 6.07) is 7.36. The molecule has 0 amide bonds. The van der Waals surface area contributed by atoms with E-state index in [1.165, 1.54) is 0 Å². The lowest BCUT2D eigenvalue weighted by molar-refractivity contribution is 0.173. The van der Waals surface area contributed by atoms with E-state index >= 15 is 0 Å². The summed E-state index contributed by atoms with van der Waals surface area (Å²) in [6.07, 6.45) is 3.94. The molecule has 1 aromatic carbocycles. The molecule has 0 radical (unpaired) electrons. The van der Waals surface area contributed by atoms with Gasteiger partial charge in [-0.25, -0.2) is 0 Å². The number of thioether (sulfide) groups is 1. The van der Waals surface area contributed by atoms with Gasteiger partial charge in [-0.3, -0.25) is 0 Å². The number of benzene rings is 1. The fourth-order valence-corrected chi connectivity index (χ4v) is 3.05. The molecule has 0 saturated heterocycles. The van der Waals surface area contributed by atoms with E-state index in [2.05, 4.69) is 25.4 Å². The standard InChI is InChI=1S/C15H24ClNOS/c1-4-15(5-2,19-3)11-17-10-14(18)12-6-8-13(16)9-7-12/h6-9,14,17-18H,4-5,10-11H2,1-3H3. The normalized spacial score (nSPS) is 13.5. The fraction of sp³-hybridized carbons (Fsp3) is 0.600. The highest BCUT2D eigenvalue weighted by atomic mass is 35.5. The molecule has 0 aliphatic rings. The van der Waals surface area contributed by atoms with Crippen LogP contribution in [0.2, 0.25) is 5.02 Å². The van der Waals surface area contributed by atoms with E-state index in [1.807, 2.05) is 36.0 Å². The number of rotatable bonds is 8. The molecule has 2 nitrogen and oxygen atoms in total. The topological polar surface area (TPSA) is 32.3 Å². The van der Waals surface area contributed by atoms with E-state index in [0.29, 0.717) is 11.6 Å². The number of aliphatic hydroxyl groups excluding tert-OH is 1. The van der Waals surface area contributed by atoms with Crippen LogP contribution < -0.4 is 5.32 Å². The van der Waals surface area contributed by atoms with Crippen LogP contribution in [-0.2, 0) is 0 Å². The van der Waals surface area contributed by atoms with Crippen LogP contribution in [0.25, 0.3) is 0 Å². The average Bonchev–Trinajstić information content (AvgIpc) is 2.45. The Balaban J connectivity index is 2.46. The van der Waals surface area contributed by atoms with Crippen LogP contribution in [0.1, 0.15) is 38.4 Å². The first-order valence-corrected chi connectivity index (χ1v) is 8.36. The molecule has 0 heterocycles. The lowest BCUT2D eigenvalue weighted by atomic mass is 10.0. The zero-order valence-electron chi connectivity index (χ0n) is 11.9. The SMILES string of the molecule is CCC(CC)(CNCC(O)c1ccc(Cl)cc1)SC. The number of aliphatic hydroxyl groups is 1. The van der Waals surface area contributed by atoms with Gasteiger partial charge >= 0.3 is 0 Å². The fourth-order valence-electron chi connectivity index (χ4n) is 2.10. The maximum absolute atomic E-state index is 10.1. The summed E-state index contributed by atoms with van der Waals surface area (Å²) in [5, 5.41) is 14.2. The van der Waals surface area contributed by atoms with E-state index in [4.69, 9.17) is 11.6 Å². The second kappa shape index (κ2) is 8.15. The van der Waals surface area contributed by atoms with Gasteiger partial charge in [0.15, 0.2) is 0 Å². The Kier molecular flexibility index (Phi) is 7.22. The Labute approximate surface area is 125 Å². The maximum Gasteiger partial charge on any atom is 0.0914 e. The van der Waals surface area contributed by atoms with Crippen molar-refractivity contribution in [3.8, 4) is 0 Å². The predicted octanol–water partition coefficient (Wildman–Crippen LogP) is 3.88. The third-order valence-electron chi connectivity index (χ3n) is 3.76. The first-order valence-electron chi connectivity index (χ1n) is 6.76. The molecular formula is C15H24ClNOS. The van der Waals surface area contributed by atoms with Gasteiger partial charge in [-0.1, -0.05) is 37.6 Å². The molecule has 19 heavy (non-hydrogen) atoms. The molecule has 1 rings (SSSR count). The van der Waals surface area contributed by atoms with Crippen molar-refractivity contribution in [2.75, 3.05) is 19.3 Å². The van der Waals surface area contributed by atoms with Crippen LogP contribution >= 0.6 is 23.4 Å². The summed E-state index contributed by atoms with van der Waals surface area (Å²) in [6.45, 7) is 5.93. The second-order valence-electron chi connectivity index (χ2n) is 4.79. The Morgan fingerprint density at radius 1 is 1.26 bits per heavy atom. The number of hydrogen-bond acceptors (Lipinski definition) is 3. The van der Waals surface area contributed by atoms with Gasteiger partial charge in [-0.15, -0.1) is 0 Å². The summed E-state index contributed by atoms with van der Waals surface area (Å²) >= 11 is 7.74. The quantitative estimate of drug-likeness (QED) is 0.764. The predicted molar refractivity (Wildman–Crippen MR) is 86.1 cm³/mol. The highest BCUT2D eigenvalue weighted by Crippen LogP contribution is 2.29. The van der Waals surface area contributed by atoms with Crippen LogP contribution in [0.3, 0.4) is 0 Å². The van der Waals surface area contributed by atoms with Crippen molar-refractivity contribution < 1.29 is 5.11 Å². The summed E-state index contributed by atoms with van der Waals surface area (Å²) < 4.78 is 0.277. The average molecular weight is 302 g/mol. The number of nitrogens with one attached hydrogen (secondary N) is 1. The largest absolute Gasteiger partial charge is 0.387 e. The maximum atomic E-state index is 10.1. The molecule has 0 bridgehead atoms. The lowest BCUT2D eigenvalue weighted by Gasteiger charge is -2.30. The van der Waals surface area contributed by atoms with Crippen LogP contribution in [0, 0.1) is 0 Å². The van der Waals surface area contributed by atoms with Gasteiger partial charge < -0.3 is 10.4 Å². The van der Waals surface area contributed by atoms with E-state index in [0.717, 1.165) is 24.9 Å². The van der Waals surface area contributed by atoms with E-state index in [1.54, 1.807) is 0 Å². The molecule has 1 aromatic rings.